The zero-order chi connectivity index (χ0) is 18.9. The molecule has 0 spiro atoms. The van der Waals surface area contributed by atoms with Crippen LogP contribution in [0.15, 0.2) is 41.4 Å². The molecule has 0 heterocycles. The summed E-state index contributed by atoms with van der Waals surface area (Å²) in [4.78, 5) is 4.15. The van der Waals surface area contributed by atoms with E-state index < -0.39 is 0 Å². The number of ether oxygens (including phenoxy) is 3. The van der Waals surface area contributed by atoms with E-state index in [4.69, 9.17) is 14.2 Å². The first-order valence-electron chi connectivity index (χ1n) is 8.09. The molecule has 0 bridgehead atoms. The van der Waals surface area contributed by atoms with Gasteiger partial charge in [0.1, 0.15) is 5.82 Å². The quantitative estimate of drug-likeness (QED) is 0.355. The smallest absolute Gasteiger partial charge is 0.203 e. The Kier molecular flexibility index (Phi) is 9.70. The zero-order valence-corrected chi connectivity index (χ0v) is 18.2. The lowest BCUT2D eigenvalue weighted by Gasteiger charge is -2.16. The number of hydrogen-bond donors (Lipinski definition) is 2. The topological polar surface area (TPSA) is 64.1 Å². The average Bonchev–Trinajstić information content (AvgIpc) is 2.68. The first-order chi connectivity index (χ1) is 12.6. The van der Waals surface area contributed by atoms with Crippen molar-refractivity contribution in [3.8, 4) is 17.2 Å². The van der Waals surface area contributed by atoms with E-state index in [0.717, 1.165) is 5.56 Å². The van der Waals surface area contributed by atoms with Gasteiger partial charge in [-0.25, -0.2) is 4.39 Å². The molecule has 2 N–H and O–H groups in total. The Labute approximate surface area is 176 Å². The van der Waals surface area contributed by atoms with Gasteiger partial charge in [-0.05, 0) is 23.8 Å². The second-order valence-corrected chi connectivity index (χ2v) is 5.40. The SMILES string of the molecule is CN=C(NCc1cc(OC)c(OC)c(OC)c1)NCc1ccccc1F.I. The summed E-state index contributed by atoms with van der Waals surface area (Å²) in [6, 6.07) is 10.3. The predicted octanol–water partition coefficient (Wildman–Crippen LogP) is 3.33. The molecule has 0 aliphatic rings. The molecule has 0 amide bonds. The molecule has 0 saturated heterocycles. The standard InChI is InChI=1S/C19H24FN3O3.HI/c1-21-19(23-12-14-7-5-6-8-15(14)20)22-11-13-9-16(24-2)18(26-4)17(10-13)25-3;/h5-10H,11-12H2,1-4H3,(H2,21,22,23);1H. The van der Waals surface area contributed by atoms with E-state index in [1.165, 1.54) is 6.07 Å². The second-order valence-electron chi connectivity index (χ2n) is 5.40. The van der Waals surface area contributed by atoms with Gasteiger partial charge in [-0.1, -0.05) is 18.2 Å². The fraction of sp³-hybridized carbons (Fsp3) is 0.316. The molecule has 0 atom stereocenters. The summed E-state index contributed by atoms with van der Waals surface area (Å²) in [6.45, 7) is 0.815. The van der Waals surface area contributed by atoms with Crippen molar-refractivity contribution >= 4 is 29.9 Å². The number of rotatable bonds is 7. The molecule has 2 aromatic carbocycles. The third-order valence-electron chi connectivity index (χ3n) is 3.81. The van der Waals surface area contributed by atoms with Crippen LogP contribution in [0, 0.1) is 5.82 Å². The van der Waals surface area contributed by atoms with Gasteiger partial charge in [0.2, 0.25) is 5.75 Å². The lowest BCUT2D eigenvalue weighted by atomic mass is 10.2. The van der Waals surface area contributed by atoms with E-state index in [2.05, 4.69) is 15.6 Å². The van der Waals surface area contributed by atoms with Crippen LogP contribution in [0.1, 0.15) is 11.1 Å². The number of nitrogens with one attached hydrogen (secondary N) is 2. The van der Waals surface area contributed by atoms with Crippen LogP contribution in [0.5, 0.6) is 17.2 Å². The number of aliphatic imine (C=N–C) groups is 1. The molecule has 0 aliphatic heterocycles. The molecule has 0 aromatic heterocycles. The maximum absolute atomic E-state index is 13.7. The van der Waals surface area contributed by atoms with Gasteiger partial charge in [0.25, 0.3) is 0 Å². The Bertz CT molecular complexity index is 747. The van der Waals surface area contributed by atoms with Crippen LogP contribution in [0.2, 0.25) is 0 Å². The molecular formula is C19H25FIN3O3. The van der Waals surface area contributed by atoms with Crippen LogP contribution in [-0.4, -0.2) is 34.3 Å². The summed E-state index contributed by atoms with van der Waals surface area (Å²) in [5.74, 6) is 2.01. The highest BCUT2D eigenvalue weighted by Crippen LogP contribution is 2.38. The van der Waals surface area contributed by atoms with Crippen LogP contribution in [0.4, 0.5) is 4.39 Å². The minimum absolute atomic E-state index is 0. The Morgan fingerprint density at radius 2 is 1.56 bits per heavy atom. The van der Waals surface area contributed by atoms with E-state index in [-0.39, 0.29) is 29.8 Å². The van der Waals surface area contributed by atoms with Crippen molar-refractivity contribution in [1.29, 1.82) is 0 Å². The maximum atomic E-state index is 13.7. The highest BCUT2D eigenvalue weighted by atomic mass is 127. The second kappa shape index (κ2) is 11.5. The van der Waals surface area contributed by atoms with Crippen LogP contribution in [-0.2, 0) is 13.1 Å². The van der Waals surface area contributed by atoms with Gasteiger partial charge in [-0.2, -0.15) is 0 Å². The van der Waals surface area contributed by atoms with Gasteiger partial charge >= 0.3 is 0 Å². The van der Waals surface area contributed by atoms with Crippen LogP contribution < -0.4 is 24.8 Å². The maximum Gasteiger partial charge on any atom is 0.203 e. The molecule has 0 aliphatic carbocycles. The fourth-order valence-corrected chi connectivity index (χ4v) is 2.46. The Morgan fingerprint density at radius 1 is 0.963 bits per heavy atom. The highest BCUT2D eigenvalue weighted by molar-refractivity contribution is 14.0. The average molecular weight is 489 g/mol. The molecule has 8 heteroatoms. The highest BCUT2D eigenvalue weighted by Gasteiger charge is 2.13. The summed E-state index contributed by atoms with van der Waals surface area (Å²) >= 11 is 0. The van der Waals surface area contributed by atoms with E-state index in [1.54, 1.807) is 46.6 Å². The normalized spacial score (nSPS) is 10.6. The minimum Gasteiger partial charge on any atom is -0.493 e. The first kappa shape index (κ1) is 22.8. The zero-order valence-electron chi connectivity index (χ0n) is 15.8. The summed E-state index contributed by atoms with van der Waals surface area (Å²) < 4.78 is 29.7. The lowest BCUT2D eigenvalue weighted by molar-refractivity contribution is 0.323. The number of methoxy groups -OCH3 is 3. The molecule has 2 aromatic rings. The molecular weight excluding hydrogens is 464 g/mol. The fourth-order valence-electron chi connectivity index (χ4n) is 2.46. The summed E-state index contributed by atoms with van der Waals surface area (Å²) in [6.07, 6.45) is 0. The van der Waals surface area contributed by atoms with Gasteiger partial charge in [-0.15, -0.1) is 24.0 Å². The van der Waals surface area contributed by atoms with Crippen molar-refractivity contribution in [2.24, 2.45) is 4.99 Å². The number of hydrogen-bond acceptors (Lipinski definition) is 4. The molecule has 0 unspecified atom stereocenters. The third kappa shape index (κ3) is 6.16. The van der Waals surface area contributed by atoms with Crippen molar-refractivity contribution in [3.05, 3.63) is 53.3 Å². The number of guanidine groups is 1. The number of benzene rings is 2. The van der Waals surface area contributed by atoms with Gasteiger partial charge in [0.15, 0.2) is 17.5 Å². The van der Waals surface area contributed by atoms with Crippen molar-refractivity contribution in [2.45, 2.75) is 13.1 Å². The molecule has 0 radical (unpaired) electrons. The monoisotopic (exact) mass is 489 g/mol. The van der Waals surface area contributed by atoms with E-state index >= 15 is 0 Å². The molecule has 148 valence electrons. The van der Waals surface area contributed by atoms with Crippen molar-refractivity contribution in [3.63, 3.8) is 0 Å². The van der Waals surface area contributed by atoms with Crippen molar-refractivity contribution in [1.82, 2.24) is 10.6 Å². The van der Waals surface area contributed by atoms with Crippen LogP contribution >= 0.6 is 24.0 Å². The summed E-state index contributed by atoms with van der Waals surface area (Å²) in [5, 5.41) is 6.27. The predicted molar refractivity (Wildman–Crippen MR) is 115 cm³/mol. The number of nitrogens with zero attached hydrogens (tertiary/aromatic N) is 1. The van der Waals surface area contributed by atoms with Gasteiger partial charge < -0.3 is 24.8 Å². The molecule has 6 nitrogen and oxygen atoms in total. The molecule has 2 rings (SSSR count). The summed E-state index contributed by atoms with van der Waals surface area (Å²) in [7, 11) is 6.37. The van der Waals surface area contributed by atoms with Crippen LogP contribution in [0.25, 0.3) is 0 Å². The third-order valence-corrected chi connectivity index (χ3v) is 3.81. The van der Waals surface area contributed by atoms with Gasteiger partial charge in [0, 0.05) is 25.7 Å². The van der Waals surface area contributed by atoms with E-state index in [0.29, 0.717) is 41.9 Å². The van der Waals surface area contributed by atoms with Gasteiger partial charge in [0.05, 0.1) is 21.3 Å². The Morgan fingerprint density at radius 3 is 2.07 bits per heavy atom. The van der Waals surface area contributed by atoms with Crippen molar-refractivity contribution in [2.75, 3.05) is 28.4 Å². The number of halogens is 2. The van der Waals surface area contributed by atoms with Gasteiger partial charge in [-0.3, -0.25) is 4.99 Å². The van der Waals surface area contributed by atoms with Crippen molar-refractivity contribution < 1.29 is 18.6 Å². The lowest BCUT2D eigenvalue weighted by Crippen LogP contribution is -2.36. The largest absolute Gasteiger partial charge is 0.493 e. The Hall–Kier alpha value is -2.23. The molecule has 27 heavy (non-hydrogen) atoms. The summed E-state index contributed by atoms with van der Waals surface area (Å²) in [5.41, 5.74) is 1.50. The Balaban J connectivity index is 0.00000364. The van der Waals surface area contributed by atoms with Crippen LogP contribution in [0.3, 0.4) is 0 Å². The van der Waals surface area contributed by atoms with E-state index in [9.17, 15) is 4.39 Å². The van der Waals surface area contributed by atoms with E-state index in [1.807, 2.05) is 12.1 Å². The minimum atomic E-state index is -0.250. The first-order valence-corrected chi connectivity index (χ1v) is 8.09. The molecule has 0 fully saturated rings. The molecule has 0 saturated carbocycles.